The Kier molecular flexibility index (Phi) is 5.17. The Morgan fingerprint density at radius 3 is 2.93 bits per heavy atom. The Morgan fingerprint density at radius 2 is 2.36 bits per heavy atom. The summed E-state index contributed by atoms with van der Waals surface area (Å²) in [7, 11) is 0. The molecule has 0 spiro atoms. The van der Waals surface area contributed by atoms with Crippen molar-refractivity contribution in [1.29, 1.82) is 0 Å². The van der Waals surface area contributed by atoms with E-state index < -0.39 is 0 Å². The minimum absolute atomic E-state index is 0.147. The zero-order valence-electron chi connectivity index (χ0n) is 7.46. The molecule has 0 aromatic carbocycles. The van der Waals surface area contributed by atoms with Crippen LogP contribution in [0.3, 0.4) is 0 Å². The van der Waals surface area contributed by atoms with Crippen LogP contribution in [-0.4, -0.2) is 21.9 Å². The van der Waals surface area contributed by atoms with Gasteiger partial charge in [0.2, 0.25) is 0 Å². The molecule has 0 fully saturated rings. The number of hydrogen-bond acceptors (Lipinski definition) is 2. The van der Waals surface area contributed by atoms with Crippen molar-refractivity contribution in [1.82, 2.24) is 10.3 Å². The number of nitrogens with one attached hydrogen (secondary N) is 1. The summed E-state index contributed by atoms with van der Waals surface area (Å²) in [4.78, 5) is 15.3. The molecule has 1 aromatic rings. The van der Waals surface area contributed by atoms with E-state index in [0.717, 1.165) is 10.8 Å². The first kappa shape index (κ1) is 11.7. The van der Waals surface area contributed by atoms with E-state index in [2.05, 4.69) is 32.9 Å². The Hall–Kier alpha value is -0.360. The van der Waals surface area contributed by atoms with Gasteiger partial charge in [0, 0.05) is 17.2 Å². The number of rotatable bonds is 4. The van der Waals surface area contributed by atoms with Gasteiger partial charge < -0.3 is 5.32 Å². The maximum atomic E-state index is 11.4. The van der Waals surface area contributed by atoms with Gasteiger partial charge in [-0.3, -0.25) is 4.79 Å². The van der Waals surface area contributed by atoms with Crippen LogP contribution >= 0.6 is 34.2 Å². The van der Waals surface area contributed by atoms with Crippen LogP contribution in [0.2, 0.25) is 5.02 Å². The average molecular weight is 325 g/mol. The van der Waals surface area contributed by atoms with Gasteiger partial charge in [-0.05, 0) is 18.6 Å². The molecule has 1 rings (SSSR count). The first-order valence-corrected chi connectivity index (χ1v) is 6.10. The van der Waals surface area contributed by atoms with Crippen LogP contribution in [0.25, 0.3) is 0 Å². The van der Waals surface area contributed by atoms with Crippen LogP contribution in [0.15, 0.2) is 18.3 Å². The van der Waals surface area contributed by atoms with Gasteiger partial charge in [0.15, 0.2) is 0 Å². The summed E-state index contributed by atoms with van der Waals surface area (Å²) in [5.41, 5.74) is 0.405. The predicted octanol–water partition coefficient (Wildman–Crippen LogP) is 2.29. The van der Waals surface area contributed by atoms with Gasteiger partial charge in [-0.25, -0.2) is 4.98 Å². The first-order chi connectivity index (χ1) is 6.74. The minimum Gasteiger partial charge on any atom is -0.351 e. The average Bonchev–Trinajstić information content (AvgIpc) is 2.19. The molecule has 0 aliphatic heterocycles. The van der Waals surface area contributed by atoms with Crippen LogP contribution < -0.4 is 5.32 Å². The summed E-state index contributed by atoms with van der Waals surface area (Å²) < 4.78 is 1.03. The van der Waals surface area contributed by atoms with Crippen molar-refractivity contribution in [2.24, 2.45) is 0 Å². The van der Waals surface area contributed by atoms with Crippen molar-refractivity contribution >= 4 is 40.1 Å². The highest BCUT2D eigenvalue weighted by Gasteiger charge is 2.04. The van der Waals surface area contributed by atoms with Crippen LogP contribution in [0.1, 0.15) is 16.9 Å². The summed E-state index contributed by atoms with van der Waals surface area (Å²) in [6.45, 7) is 0.687. The van der Waals surface area contributed by atoms with E-state index in [1.54, 1.807) is 12.1 Å². The lowest BCUT2D eigenvalue weighted by Gasteiger charge is -2.02. The fourth-order valence-electron chi connectivity index (χ4n) is 0.869. The quantitative estimate of drug-likeness (QED) is 0.524. The van der Waals surface area contributed by atoms with Crippen LogP contribution in [0.4, 0.5) is 0 Å². The lowest BCUT2D eigenvalue weighted by molar-refractivity contribution is 0.0949. The largest absolute Gasteiger partial charge is 0.351 e. The van der Waals surface area contributed by atoms with Crippen molar-refractivity contribution in [3.05, 3.63) is 29.0 Å². The van der Waals surface area contributed by atoms with Gasteiger partial charge >= 0.3 is 0 Å². The summed E-state index contributed by atoms with van der Waals surface area (Å²) >= 11 is 7.92. The lowest BCUT2D eigenvalue weighted by atomic mass is 10.3. The Labute approximate surface area is 101 Å². The highest BCUT2D eigenvalue weighted by Crippen LogP contribution is 2.05. The van der Waals surface area contributed by atoms with Gasteiger partial charge in [0.1, 0.15) is 5.69 Å². The molecular weight excluding hydrogens is 314 g/mol. The standard InChI is InChI=1S/C9H10ClIN2O/c10-7-2-3-8(13-6-7)9(14)12-5-1-4-11/h2-3,6H,1,4-5H2,(H,12,14). The number of carbonyl (C=O) groups is 1. The van der Waals surface area contributed by atoms with Crippen LogP contribution in [0.5, 0.6) is 0 Å². The highest BCUT2D eigenvalue weighted by atomic mass is 127. The van der Waals surface area contributed by atoms with Crippen molar-refractivity contribution in [2.75, 3.05) is 11.0 Å². The zero-order chi connectivity index (χ0) is 10.4. The fraction of sp³-hybridized carbons (Fsp3) is 0.333. The number of pyridine rings is 1. The second kappa shape index (κ2) is 6.19. The molecule has 1 aromatic heterocycles. The number of aromatic nitrogens is 1. The zero-order valence-corrected chi connectivity index (χ0v) is 10.4. The monoisotopic (exact) mass is 324 g/mol. The molecule has 0 atom stereocenters. The second-order valence-corrected chi connectivity index (χ2v) is 4.18. The highest BCUT2D eigenvalue weighted by molar-refractivity contribution is 14.1. The van der Waals surface area contributed by atoms with E-state index in [0.29, 0.717) is 17.3 Å². The van der Waals surface area contributed by atoms with E-state index >= 15 is 0 Å². The molecule has 1 amide bonds. The number of alkyl halides is 1. The number of hydrogen-bond donors (Lipinski definition) is 1. The third kappa shape index (κ3) is 3.79. The predicted molar refractivity (Wildman–Crippen MR) is 65.1 cm³/mol. The van der Waals surface area contributed by atoms with Crippen molar-refractivity contribution < 1.29 is 4.79 Å². The molecule has 0 unspecified atom stereocenters. The summed E-state index contributed by atoms with van der Waals surface area (Å²) in [5.74, 6) is -0.147. The first-order valence-electron chi connectivity index (χ1n) is 4.20. The Morgan fingerprint density at radius 1 is 1.57 bits per heavy atom. The van der Waals surface area contributed by atoms with Gasteiger partial charge in [-0.1, -0.05) is 34.2 Å². The minimum atomic E-state index is -0.147. The number of carbonyl (C=O) groups excluding carboxylic acids is 1. The summed E-state index contributed by atoms with van der Waals surface area (Å²) in [6, 6.07) is 3.27. The Bertz CT molecular complexity index is 302. The molecule has 0 saturated carbocycles. The molecule has 3 nitrogen and oxygen atoms in total. The summed E-state index contributed by atoms with van der Waals surface area (Å²) in [5, 5.41) is 3.31. The SMILES string of the molecule is O=C(NCCCI)c1ccc(Cl)cn1. The third-order valence-corrected chi connectivity index (χ3v) is 2.54. The maximum absolute atomic E-state index is 11.4. The van der Waals surface area contributed by atoms with Crippen molar-refractivity contribution in [2.45, 2.75) is 6.42 Å². The van der Waals surface area contributed by atoms with E-state index in [4.69, 9.17) is 11.6 Å². The van der Waals surface area contributed by atoms with E-state index in [1.165, 1.54) is 6.20 Å². The van der Waals surface area contributed by atoms with Crippen molar-refractivity contribution in [3.63, 3.8) is 0 Å². The van der Waals surface area contributed by atoms with E-state index in [-0.39, 0.29) is 5.91 Å². The number of nitrogens with zero attached hydrogens (tertiary/aromatic N) is 1. The van der Waals surface area contributed by atoms with Crippen LogP contribution in [-0.2, 0) is 0 Å². The molecule has 1 heterocycles. The molecule has 1 N–H and O–H groups in total. The third-order valence-electron chi connectivity index (χ3n) is 1.56. The molecular formula is C9H10ClIN2O. The normalized spacial score (nSPS) is 9.86. The molecule has 0 aliphatic carbocycles. The second-order valence-electron chi connectivity index (χ2n) is 2.66. The number of amides is 1. The molecule has 5 heteroatoms. The summed E-state index contributed by atoms with van der Waals surface area (Å²) in [6.07, 6.45) is 2.44. The van der Waals surface area contributed by atoms with E-state index in [9.17, 15) is 4.79 Å². The number of halogens is 2. The molecule has 14 heavy (non-hydrogen) atoms. The van der Waals surface area contributed by atoms with E-state index in [1.807, 2.05) is 0 Å². The van der Waals surface area contributed by atoms with Gasteiger partial charge in [-0.2, -0.15) is 0 Å². The lowest BCUT2D eigenvalue weighted by Crippen LogP contribution is -2.25. The topological polar surface area (TPSA) is 42.0 Å². The van der Waals surface area contributed by atoms with Gasteiger partial charge in [-0.15, -0.1) is 0 Å². The van der Waals surface area contributed by atoms with Crippen molar-refractivity contribution in [3.8, 4) is 0 Å². The molecule has 0 aliphatic rings. The Balaban J connectivity index is 2.48. The smallest absolute Gasteiger partial charge is 0.269 e. The molecule has 76 valence electrons. The maximum Gasteiger partial charge on any atom is 0.269 e. The molecule has 0 radical (unpaired) electrons. The van der Waals surface area contributed by atoms with Gasteiger partial charge in [0.05, 0.1) is 5.02 Å². The van der Waals surface area contributed by atoms with Gasteiger partial charge in [0.25, 0.3) is 5.91 Å². The fourth-order valence-corrected chi connectivity index (χ4v) is 1.36. The molecule has 0 saturated heterocycles. The molecule has 0 bridgehead atoms. The van der Waals surface area contributed by atoms with Crippen LogP contribution in [0, 0.1) is 0 Å².